The van der Waals surface area contributed by atoms with E-state index in [1.807, 2.05) is 0 Å². The molecule has 33 heavy (non-hydrogen) atoms. The summed E-state index contributed by atoms with van der Waals surface area (Å²) in [6.07, 6.45) is -5.15. The highest BCUT2D eigenvalue weighted by atomic mass is 35.5. The molecule has 1 amide bonds. The van der Waals surface area contributed by atoms with Crippen LogP contribution >= 0.6 is 23.2 Å². The Morgan fingerprint density at radius 1 is 1.03 bits per heavy atom. The van der Waals surface area contributed by atoms with Crippen molar-refractivity contribution < 1.29 is 31.1 Å². The standard InChI is InChI=1S/C21H15Cl2F3N2O4S/c22-13-4-2-5-15(10-13)32-17-8-7-14(11-18(17)33(27,30)31)28-19(29)9-12-3-1-6-16(20(12)23)21(24,25)26/h1-8,10-11H,9H2,(H,28,29)(H2,27,30,31). The molecule has 0 aliphatic heterocycles. The Morgan fingerprint density at radius 2 is 1.73 bits per heavy atom. The maximum Gasteiger partial charge on any atom is 0.417 e. The second-order valence-electron chi connectivity index (χ2n) is 6.77. The first kappa shape index (κ1) is 24.8. The number of sulfonamides is 1. The van der Waals surface area contributed by atoms with Crippen LogP contribution in [-0.2, 0) is 27.4 Å². The molecule has 3 aromatic rings. The Labute approximate surface area is 197 Å². The van der Waals surface area contributed by atoms with Crippen molar-refractivity contribution >= 4 is 44.8 Å². The zero-order chi connectivity index (χ0) is 24.4. The number of benzene rings is 3. The summed E-state index contributed by atoms with van der Waals surface area (Å²) in [7, 11) is -4.26. The molecule has 0 bridgehead atoms. The smallest absolute Gasteiger partial charge is 0.417 e. The second kappa shape index (κ2) is 9.60. The van der Waals surface area contributed by atoms with Crippen molar-refractivity contribution in [1.82, 2.24) is 0 Å². The van der Waals surface area contributed by atoms with E-state index in [1.54, 1.807) is 18.2 Å². The van der Waals surface area contributed by atoms with E-state index in [4.69, 9.17) is 33.1 Å². The molecule has 0 aliphatic carbocycles. The summed E-state index contributed by atoms with van der Waals surface area (Å²) in [6.45, 7) is 0. The van der Waals surface area contributed by atoms with Gasteiger partial charge in [-0.1, -0.05) is 41.4 Å². The summed E-state index contributed by atoms with van der Waals surface area (Å²) in [5, 5.41) is 7.46. The van der Waals surface area contributed by atoms with Crippen LogP contribution in [0.3, 0.4) is 0 Å². The van der Waals surface area contributed by atoms with Crippen molar-refractivity contribution in [3.05, 3.63) is 81.8 Å². The zero-order valence-electron chi connectivity index (χ0n) is 16.5. The Bertz CT molecular complexity index is 1320. The summed E-state index contributed by atoms with van der Waals surface area (Å²) in [5.41, 5.74) is -1.07. The highest BCUT2D eigenvalue weighted by Gasteiger charge is 2.34. The molecule has 6 nitrogen and oxygen atoms in total. The monoisotopic (exact) mass is 518 g/mol. The first-order chi connectivity index (χ1) is 15.3. The number of amides is 1. The van der Waals surface area contributed by atoms with Gasteiger partial charge in [0.1, 0.15) is 16.4 Å². The van der Waals surface area contributed by atoms with Crippen LogP contribution in [0.2, 0.25) is 10.0 Å². The number of nitrogens with two attached hydrogens (primary N) is 1. The largest absolute Gasteiger partial charge is 0.456 e. The van der Waals surface area contributed by atoms with Crippen LogP contribution < -0.4 is 15.2 Å². The SMILES string of the molecule is NS(=O)(=O)c1cc(NC(=O)Cc2cccc(C(F)(F)F)c2Cl)ccc1Oc1cccc(Cl)c1. The molecular formula is C21H15Cl2F3N2O4S. The summed E-state index contributed by atoms with van der Waals surface area (Å²) in [5.74, 6) is -0.581. The van der Waals surface area contributed by atoms with E-state index in [2.05, 4.69) is 5.32 Å². The summed E-state index contributed by atoms with van der Waals surface area (Å²) < 4.78 is 68.7. The number of alkyl halides is 3. The third-order valence-corrected chi connectivity index (χ3v) is 5.91. The molecule has 0 aromatic heterocycles. The van der Waals surface area contributed by atoms with Gasteiger partial charge in [-0.05, 0) is 48.0 Å². The lowest BCUT2D eigenvalue weighted by Crippen LogP contribution is -2.17. The summed E-state index contributed by atoms with van der Waals surface area (Å²) in [4.78, 5) is 12.0. The third-order valence-electron chi connectivity index (χ3n) is 4.29. The predicted octanol–water partition coefficient (Wildman–Crippen LogP) is 5.63. The van der Waals surface area contributed by atoms with E-state index >= 15 is 0 Å². The van der Waals surface area contributed by atoms with Crippen LogP contribution in [-0.4, -0.2) is 14.3 Å². The Hall–Kier alpha value is -2.79. The molecule has 174 valence electrons. The molecule has 0 spiro atoms. The van der Waals surface area contributed by atoms with E-state index in [-0.39, 0.29) is 22.7 Å². The van der Waals surface area contributed by atoms with E-state index in [1.165, 1.54) is 24.3 Å². The number of hydrogen-bond donors (Lipinski definition) is 2. The highest BCUT2D eigenvalue weighted by Crippen LogP contribution is 2.36. The number of carbonyl (C=O) groups is 1. The molecule has 0 atom stereocenters. The molecule has 12 heteroatoms. The Kier molecular flexibility index (Phi) is 7.23. The molecule has 0 saturated heterocycles. The lowest BCUT2D eigenvalue weighted by atomic mass is 10.1. The van der Waals surface area contributed by atoms with Crippen LogP contribution in [0.15, 0.2) is 65.6 Å². The molecule has 0 fully saturated rings. The van der Waals surface area contributed by atoms with Crippen molar-refractivity contribution in [3.63, 3.8) is 0 Å². The van der Waals surface area contributed by atoms with Gasteiger partial charge in [-0.15, -0.1) is 0 Å². The molecule has 3 aromatic carbocycles. The first-order valence-corrected chi connectivity index (χ1v) is 11.4. The molecule has 0 heterocycles. The minimum Gasteiger partial charge on any atom is -0.456 e. The molecule has 0 unspecified atom stereocenters. The lowest BCUT2D eigenvalue weighted by molar-refractivity contribution is -0.137. The maximum atomic E-state index is 13.0. The number of carbonyl (C=O) groups excluding carboxylic acids is 1. The van der Waals surface area contributed by atoms with E-state index in [0.29, 0.717) is 5.02 Å². The van der Waals surface area contributed by atoms with Crippen LogP contribution in [0.4, 0.5) is 18.9 Å². The van der Waals surface area contributed by atoms with E-state index < -0.39 is 44.0 Å². The Morgan fingerprint density at radius 3 is 2.36 bits per heavy atom. The van der Waals surface area contributed by atoms with Gasteiger partial charge >= 0.3 is 6.18 Å². The molecule has 0 radical (unpaired) electrons. The normalized spacial score (nSPS) is 11.8. The number of primary sulfonamides is 1. The van der Waals surface area contributed by atoms with Crippen LogP contribution in [0.5, 0.6) is 11.5 Å². The van der Waals surface area contributed by atoms with Gasteiger partial charge in [-0.2, -0.15) is 13.2 Å². The zero-order valence-corrected chi connectivity index (χ0v) is 18.8. The van der Waals surface area contributed by atoms with Gasteiger partial charge in [0.05, 0.1) is 17.0 Å². The van der Waals surface area contributed by atoms with Crippen LogP contribution in [0.1, 0.15) is 11.1 Å². The summed E-state index contributed by atoms with van der Waals surface area (Å²) in [6, 6.07) is 13.1. The van der Waals surface area contributed by atoms with Gasteiger partial charge in [0.25, 0.3) is 0 Å². The van der Waals surface area contributed by atoms with Crippen LogP contribution in [0.25, 0.3) is 0 Å². The van der Waals surface area contributed by atoms with E-state index in [9.17, 15) is 26.4 Å². The van der Waals surface area contributed by atoms with Gasteiger partial charge in [-0.25, -0.2) is 13.6 Å². The molecular weight excluding hydrogens is 504 g/mol. The minimum absolute atomic E-state index is 0.0329. The van der Waals surface area contributed by atoms with Crippen LogP contribution in [0, 0.1) is 0 Å². The quantitative estimate of drug-likeness (QED) is 0.441. The molecule has 3 rings (SSSR count). The van der Waals surface area contributed by atoms with Gasteiger partial charge in [0, 0.05) is 10.7 Å². The van der Waals surface area contributed by atoms with Crippen molar-refractivity contribution in [2.24, 2.45) is 5.14 Å². The fourth-order valence-corrected chi connectivity index (χ4v) is 4.02. The number of rotatable bonds is 6. The van der Waals surface area contributed by atoms with Gasteiger partial charge in [-0.3, -0.25) is 4.79 Å². The van der Waals surface area contributed by atoms with Crippen molar-refractivity contribution in [2.45, 2.75) is 17.5 Å². The van der Waals surface area contributed by atoms with Crippen molar-refractivity contribution in [2.75, 3.05) is 5.32 Å². The fraction of sp³-hybridized carbons (Fsp3) is 0.0952. The predicted molar refractivity (Wildman–Crippen MR) is 118 cm³/mol. The molecule has 0 saturated carbocycles. The summed E-state index contributed by atoms with van der Waals surface area (Å²) >= 11 is 11.7. The van der Waals surface area contributed by atoms with Crippen molar-refractivity contribution in [3.8, 4) is 11.5 Å². The Balaban J connectivity index is 1.84. The number of nitrogens with one attached hydrogen (secondary N) is 1. The van der Waals surface area contributed by atoms with Gasteiger partial charge in [0.2, 0.25) is 15.9 Å². The number of ether oxygens (including phenoxy) is 1. The third kappa shape index (κ3) is 6.38. The van der Waals surface area contributed by atoms with Gasteiger partial charge in [0.15, 0.2) is 0 Å². The lowest BCUT2D eigenvalue weighted by Gasteiger charge is -2.14. The minimum atomic E-state index is -4.67. The average molecular weight is 519 g/mol. The number of anilines is 1. The number of halogens is 5. The second-order valence-corrected chi connectivity index (χ2v) is 9.11. The topological polar surface area (TPSA) is 98.5 Å². The first-order valence-electron chi connectivity index (χ1n) is 9.09. The maximum absolute atomic E-state index is 13.0. The highest BCUT2D eigenvalue weighted by molar-refractivity contribution is 7.89. The molecule has 0 aliphatic rings. The van der Waals surface area contributed by atoms with E-state index in [0.717, 1.165) is 18.2 Å². The van der Waals surface area contributed by atoms with Gasteiger partial charge < -0.3 is 10.1 Å². The molecule has 3 N–H and O–H groups in total. The average Bonchev–Trinajstić information content (AvgIpc) is 2.69. The number of hydrogen-bond acceptors (Lipinski definition) is 4. The van der Waals surface area contributed by atoms with Crippen molar-refractivity contribution in [1.29, 1.82) is 0 Å². The fourth-order valence-electron chi connectivity index (χ4n) is 2.86.